The first-order valence-electron chi connectivity index (χ1n) is 7.83. The fraction of sp³-hybridized carbons (Fsp3) is 0.222. The van der Waals surface area contributed by atoms with Crippen LogP contribution in [0.5, 0.6) is 5.75 Å². The molecule has 1 saturated carbocycles. The van der Waals surface area contributed by atoms with Crippen molar-refractivity contribution in [3.05, 3.63) is 59.1 Å². The summed E-state index contributed by atoms with van der Waals surface area (Å²) in [4.78, 5) is 12.2. The normalized spacial score (nSPS) is 18.2. The lowest BCUT2D eigenvalue weighted by Crippen LogP contribution is -2.44. The van der Waals surface area contributed by atoms with Gasteiger partial charge in [-0.2, -0.15) is 0 Å². The van der Waals surface area contributed by atoms with Crippen LogP contribution in [0.4, 0.5) is 5.69 Å². The van der Waals surface area contributed by atoms with Gasteiger partial charge in [-0.25, -0.2) is 0 Å². The second-order valence-corrected chi connectivity index (χ2v) is 6.65. The Balaban J connectivity index is 1.46. The number of hydrazine groups is 1. The Morgan fingerprint density at radius 2 is 1.96 bits per heavy atom. The number of thiocarbonyl (C=S) groups is 1. The van der Waals surface area contributed by atoms with Gasteiger partial charge in [-0.1, -0.05) is 29.8 Å². The van der Waals surface area contributed by atoms with E-state index in [1.165, 1.54) is 0 Å². The Morgan fingerprint density at radius 3 is 2.68 bits per heavy atom. The van der Waals surface area contributed by atoms with Gasteiger partial charge in [0.05, 0.1) is 7.11 Å². The summed E-state index contributed by atoms with van der Waals surface area (Å²) in [6.07, 6.45) is 0.825. The predicted octanol–water partition coefficient (Wildman–Crippen LogP) is 3.47. The lowest BCUT2D eigenvalue weighted by molar-refractivity contribution is -0.122. The van der Waals surface area contributed by atoms with Crippen molar-refractivity contribution >= 4 is 40.5 Å². The first-order valence-corrected chi connectivity index (χ1v) is 8.62. The average Bonchev–Trinajstić information content (AvgIpc) is 3.41. The number of amides is 1. The van der Waals surface area contributed by atoms with E-state index in [0.29, 0.717) is 10.1 Å². The number of halogens is 1. The van der Waals surface area contributed by atoms with Crippen molar-refractivity contribution in [2.75, 3.05) is 12.4 Å². The molecular formula is C18H18ClN3O2S. The van der Waals surface area contributed by atoms with Crippen LogP contribution < -0.4 is 20.9 Å². The van der Waals surface area contributed by atoms with E-state index in [4.69, 9.17) is 28.6 Å². The van der Waals surface area contributed by atoms with E-state index in [-0.39, 0.29) is 17.7 Å². The topological polar surface area (TPSA) is 62.4 Å². The lowest BCUT2D eigenvalue weighted by atomic mass is 10.1. The molecule has 1 fully saturated rings. The third-order valence-electron chi connectivity index (χ3n) is 4.05. The Hall–Kier alpha value is -2.31. The van der Waals surface area contributed by atoms with Gasteiger partial charge in [0.15, 0.2) is 5.11 Å². The molecule has 0 aliphatic heterocycles. The quantitative estimate of drug-likeness (QED) is 0.564. The van der Waals surface area contributed by atoms with Crippen LogP contribution in [0.3, 0.4) is 0 Å². The number of hydrogen-bond donors (Lipinski definition) is 3. The van der Waals surface area contributed by atoms with E-state index in [9.17, 15) is 4.79 Å². The summed E-state index contributed by atoms with van der Waals surface area (Å²) in [5.74, 6) is 0.836. The summed E-state index contributed by atoms with van der Waals surface area (Å²) in [5, 5.41) is 4.00. The van der Waals surface area contributed by atoms with E-state index in [1.807, 2.05) is 48.5 Å². The first-order chi connectivity index (χ1) is 12.1. The molecule has 3 N–H and O–H groups in total. The summed E-state index contributed by atoms with van der Waals surface area (Å²) in [7, 11) is 1.60. The number of nitrogens with one attached hydrogen (secondary N) is 3. The minimum atomic E-state index is -0.0743. The number of rotatable bonds is 4. The third kappa shape index (κ3) is 4.61. The SMILES string of the molecule is COc1cccc(NC(=S)NNC(=O)[C@H]2C[C@H]2c2ccc(Cl)cc2)c1. The molecule has 0 bridgehead atoms. The highest BCUT2D eigenvalue weighted by atomic mass is 35.5. The summed E-state index contributed by atoms with van der Waals surface area (Å²) < 4.78 is 5.15. The molecule has 1 amide bonds. The van der Waals surface area contributed by atoms with Gasteiger partial charge < -0.3 is 10.1 Å². The summed E-state index contributed by atoms with van der Waals surface area (Å²) in [5.41, 5.74) is 7.29. The van der Waals surface area contributed by atoms with E-state index in [0.717, 1.165) is 23.4 Å². The van der Waals surface area contributed by atoms with E-state index < -0.39 is 0 Å². The van der Waals surface area contributed by atoms with E-state index in [1.54, 1.807) is 7.11 Å². The van der Waals surface area contributed by atoms with Crippen molar-refractivity contribution < 1.29 is 9.53 Å². The number of benzene rings is 2. The van der Waals surface area contributed by atoms with Crippen LogP contribution in [0.1, 0.15) is 17.9 Å². The standard InChI is InChI=1S/C18H18ClN3O2S/c1-24-14-4-2-3-13(9-14)20-18(25)22-21-17(23)16-10-15(16)11-5-7-12(19)8-6-11/h2-9,15-16H,10H2,1H3,(H,21,23)(H2,20,22,25)/t15-,16-/m0/s1. The molecule has 0 spiro atoms. The second-order valence-electron chi connectivity index (χ2n) is 5.80. The average molecular weight is 376 g/mol. The largest absolute Gasteiger partial charge is 0.497 e. The predicted molar refractivity (Wildman–Crippen MR) is 103 cm³/mol. The van der Waals surface area contributed by atoms with Crippen molar-refractivity contribution in [1.29, 1.82) is 0 Å². The molecule has 0 saturated heterocycles. The van der Waals surface area contributed by atoms with Gasteiger partial charge in [0, 0.05) is 22.7 Å². The van der Waals surface area contributed by atoms with Crippen LogP contribution in [0.15, 0.2) is 48.5 Å². The maximum absolute atomic E-state index is 12.2. The minimum absolute atomic E-state index is 0.0479. The summed E-state index contributed by atoms with van der Waals surface area (Å²) >= 11 is 11.1. The van der Waals surface area contributed by atoms with Gasteiger partial charge in [-0.15, -0.1) is 0 Å². The number of carbonyl (C=O) groups excluding carboxylic acids is 1. The molecule has 0 heterocycles. The van der Waals surface area contributed by atoms with E-state index in [2.05, 4.69) is 16.2 Å². The van der Waals surface area contributed by atoms with Gasteiger partial charge >= 0.3 is 0 Å². The molecule has 130 valence electrons. The fourth-order valence-corrected chi connectivity index (χ4v) is 2.93. The number of hydrogen-bond acceptors (Lipinski definition) is 3. The monoisotopic (exact) mass is 375 g/mol. The Bertz CT molecular complexity index is 782. The molecule has 2 atom stereocenters. The van der Waals surface area contributed by atoms with Crippen molar-refractivity contribution in [2.24, 2.45) is 5.92 Å². The van der Waals surface area contributed by atoms with Crippen LogP contribution in [0, 0.1) is 5.92 Å². The lowest BCUT2D eigenvalue weighted by Gasteiger charge is -2.12. The molecule has 3 rings (SSSR count). The maximum Gasteiger partial charge on any atom is 0.242 e. The van der Waals surface area contributed by atoms with Crippen molar-refractivity contribution in [1.82, 2.24) is 10.9 Å². The summed E-state index contributed by atoms with van der Waals surface area (Å²) in [6, 6.07) is 15.0. The third-order valence-corrected chi connectivity index (χ3v) is 4.51. The van der Waals surface area contributed by atoms with Gasteiger partial charge in [-0.3, -0.25) is 15.6 Å². The van der Waals surface area contributed by atoms with Crippen molar-refractivity contribution in [3.8, 4) is 5.75 Å². The van der Waals surface area contributed by atoms with Crippen LogP contribution in [0.2, 0.25) is 5.02 Å². The maximum atomic E-state index is 12.2. The fourth-order valence-electron chi connectivity index (χ4n) is 2.64. The molecule has 2 aromatic rings. The molecule has 0 unspecified atom stereocenters. The molecule has 2 aromatic carbocycles. The zero-order valence-electron chi connectivity index (χ0n) is 13.6. The molecule has 0 aromatic heterocycles. The molecule has 0 radical (unpaired) electrons. The molecule has 5 nitrogen and oxygen atoms in total. The molecule has 7 heteroatoms. The Morgan fingerprint density at radius 1 is 1.20 bits per heavy atom. The number of carbonyl (C=O) groups is 1. The van der Waals surface area contributed by atoms with Crippen LogP contribution in [0.25, 0.3) is 0 Å². The van der Waals surface area contributed by atoms with Crippen LogP contribution >= 0.6 is 23.8 Å². The van der Waals surface area contributed by atoms with E-state index >= 15 is 0 Å². The van der Waals surface area contributed by atoms with Gasteiger partial charge in [0.25, 0.3) is 0 Å². The van der Waals surface area contributed by atoms with Crippen molar-refractivity contribution in [3.63, 3.8) is 0 Å². The Labute approximate surface area is 156 Å². The number of anilines is 1. The highest BCUT2D eigenvalue weighted by Gasteiger charge is 2.43. The second kappa shape index (κ2) is 7.72. The molecular weight excluding hydrogens is 358 g/mol. The molecule has 1 aliphatic carbocycles. The highest BCUT2D eigenvalue weighted by molar-refractivity contribution is 7.80. The smallest absolute Gasteiger partial charge is 0.242 e. The minimum Gasteiger partial charge on any atom is -0.497 e. The Kier molecular flexibility index (Phi) is 5.40. The van der Waals surface area contributed by atoms with Crippen molar-refractivity contribution in [2.45, 2.75) is 12.3 Å². The van der Waals surface area contributed by atoms with Gasteiger partial charge in [0.1, 0.15) is 5.75 Å². The number of ether oxygens (including phenoxy) is 1. The summed E-state index contributed by atoms with van der Waals surface area (Å²) in [6.45, 7) is 0. The van der Waals surface area contributed by atoms with Gasteiger partial charge in [-0.05, 0) is 54.4 Å². The zero-order valence-corrected chi connectivity index (χ0v) is 15.2. The number of methoxy groups -OCH3 is 1. The van der Waals surface area contributed by atoms with Gasteiger partial charge in [0.2, 0.25) is 5.91 Å². The molecule has 1 aliphatic rings. The van der Waals surface area contributed by atoms with Crippen LogP contribution in [-0.2, 0) is 4.79 Å². The highest BCUT2D eigenvalue weighted by Crippen LogP contribution is 2.47. The zero-order chi connectivity index (χ0) is 17.8. The first kappa shape index (κ1) is 17.5. The van der Waals surface area contributed by atoms with Crippen LogP contribution in [-0.4, -0.2) is 18.1 Å². The molecule has 25 heavy (non-hydrogen) atoms.